The molecular weight excluding hydrogens is 354 g/mol. The van der Waals surface area contributed by atoms with Crippen molar-refractivity contribution in [3.63, 3.8) is 0 Å². The Morgan fingerprint density at radius 3 is 2.07 bits per heavy atom. The van der Waals surface area contributed by atoms with Gasteiger partial charge >= 0.3 is 0 Å². The third-order valence-corrected chi connectivity index (χ3v) is 5.80. The summed E-state index contributed by atoms with van der Waals surface area (Å²) >= 11 is 0. The molecule has 3 heteroatoms. The van der Waals surface area contributed by atoms with Crippen molar-refractivity contribution in [3.05, 3.63) is 90.0 Å². The second-order valence-corrected chi connectivity index (χ2v) is 7.27. The second-order valence-electron chi connectivity index (χ2n) is 7.27. The van der Waals surface area contributed by atoms with Gasteiger partial charge in [-0.05, 0) is 35.0 Å². The number of nitrogens with zero attached hydrogens (tertiary/aromatic N) is 3. The molecule has 0 bridgehead atoms. The Balaban J connectivity index is 2.04. The van der Waals surface area contributed by atoms with Crippen molar-refractivity contribution in [2.45, 2.75) is 0 Å². The molecule has 0 fully saturated rings. The predicted octanol–water partition coefficient (Wildman–Crippen LogP) is 6.30. The summed E-state index contributed by atoms with van der Waals surface area (Å²) in [6.07, 6.45) is 0. The molecular formula is C26H13N3. The highest BCUT2D eigenvalue weighted by Crippen LogP contribution is 2.38. The molecule has 4 aromatic carbocycles. The van der Waals surface area contributed by atoms with E-state index in [2.05, 4.69) is 59.0 Å². The molecule has 0 radical (unpaired) electrons. The zero-order valence-corrected chi connectivity index (χ0v) is 15.3. The van der Waals surface area contributed by atoms with Gasteiger partial charge in [-0.1, -0.05) is 54.6 Å². The van der Waals surface area contributed by atoms with E-state index in [-0.39, 0.29) is 0 Å². The van der Waals surface area contributed by atoms with Crippen LogP contribution in [0.15, 0.2) is 78.9 Å². The van der Waals surface area contributed by atoms with Crippen LogP contribution in [-0.4, -0.2) is 4.40 Å². The first kappa shape index (κ1) is 15.7. The number of benzene rings is 4. The minimum Gasteiger partial charge on any atom is -0.309 e. The molecule has 0 aliphatic carbocycles. The van der Waals surface area contributed by atoms with E-state index in [1.165, 1.54) is 0 Å². The van der Waals surface area contributed by atoms with Gasteiger partial charge < -0.3 is 4.40 Å². The van der Waals surface area contributed by atoms with Crippen LogP contribution in [0.5, 0.6) is 0 Å². The van der Waals surface area contributed by atoms with Gasteiger partial charge in [-0.15, -0.1) is 0 Å². The van der Waals surface area contributed by atoms with E-state index in [4.69, 9.17) is 0 Å². The van der Waals surface area contributed by atoms with Crippen molar-refractivity contribution < 1.29 is 0 Å². The Morgan fingerprint density at radius 1 is 0.552 bits per heavy atom. The van der Waals surface area contributed by atoms with Crippen LogP contribution >= 0.6 is 0 Å². The van der Waals surface area contributed by atoms with Crippen molar-refractivity contribution >= 4 is 48.9 Å². The number of aromatic nitrogens is 1. The Labute approximate surface area is 166 Å². The molecule has 2 heterocycles. The third-order valence-electron chi connectivity index (χ3n) is 5.80. The number of hydrogen-bond acceptors (Lipinski definition) is 2. The van der Waals surface area contributed by atoms with Crippen molar-refractivity contribution in [2.75, 3.05) is 0 Å². The first-order valence-electron chi connectivity index (χ1n) is 9.42. The number of hydrogen-bond donors (Lipinski definition) is 0. The number of para-hydroxylation sites is 1. The first-order chi connectivity index (χ1) is 14.3. The summed E-state index contributed by atoms with van der Waals surface area (Å²) in [4.78, 5) is 0. The van der Waals surface area contributed by atoms with Crippen LogP contribution in [0, 0.1) is 22.7 Å². The highest BCUT2D eigenvalue weighted by Gasteiger charge is 2.16. The van der Waals surface area contributed by atoms with Gasteiger partial charge in [-0.2, -0.15) is 10.5 Å². The van der Waals surface area contributed by atoms with Gasteiger partial charge in [-0.25, -0.2) is 0 Å². The largest absolute Gasteiger partial charge is 0.309 e. The van der Waals surface area contributed by atoms with Gasteiger partial charge in [-0.3, -0.25) is 0 Å². The molecule has 132 valence electrons. The van der Waals surface area contributed by atoms with Crippen LogP contribution in [-0.2, 0) is 0 Å². The molecule has 0 saturated heterocycles. The summed E-state index contributed by atoms with van der Waals surface area (Å²) in [6, 6.07) is 31.2. The monoisotopic (exact) mass is 367 g/mol. The summed E-state index contributed by atoms with van der Waals surface area (Å²) in [6.45, 7) is 0. The molecule has 6 aromatic rings. The second kappa shape index (κ2) is 5.58. The maximum Gasteiger partial charge on any atom is 0.101 e. The molecule has 2 aromatic heterocycles. The summed E-state index contributed by atoms with van der Waals surface area (Å²) in [5.41, 5.74) is 3.95. The lowest BCUT2D eigenvalue weighted by atomic mass is 9.96. The van der Waals surface area contributed by atoms with Crippen LogP contribution in [0.25, 0.3) is 48.9 Å². The van der Waals surface area contributed by atoms with Crippen LogP contribution < -0.4 is 0 Å². The highest BCUT2D eigenvalue weighted by atomic mass is 14.9. The van der Waals surface area contributed by atoms with Crippen LogP contribution in [0.4, 0.5) is 0 Å². The molecule has 29 heavy (non-hydrogen) atoms. The van der Waals surface area contributed by atoms with Gasteiger partial charge in [0, 0.05) is 21.5 Å². The smallest absolute Gasteiger partial charge is 0.101 e. The lowest BCUT2D eigenvalue weighted by Crippen LogP contribution is -1.94. The molecule has 0 unspecified atom stereocenters. The fourth-order valence-electron chi connectivity index (χ4n) is 4.55. The summed E-state index contributed by atoms with van der Waals surface area (Å²) in [5, 5.41) is 26.0. The van der Waals surface area contributed by atoms with Crippen LogP contribution in [0.3, 0.4) is 0 Å². The van der Waals surface area contributed by atoms with E-state index < -0.39 is 0 Å². The molecule has 0 spiro atoms. The quantitative estimate of drug-likeness (QED) is 0.296. The normalized spacial score (nSPS) is 11.4. The van der Waals surface area contributed by atoms with E-state index in [9.17, 15) is 10.5 Å². The Hall–Kier alpha value is -4.34. The lowest BCUT2D eigenvalue weighted by Gasteiger charge is -2.13. The average Bonchev–Trinajstić information content (AvgIpc) is 3.17. The van der Waals surface area contributed by atoms with Crippen LogP contribution in [0.1, 0.15) is 11.1 Å². The molecule has 0 amide bonds. The molecule has 0 aliphatic heterocycles. The van der Waals surface area contributed by atoms with Gasteiger partial charge in [0.1, 0.15) is 12.1 Å². The minimum absolute atomic E-state index is 0.402. The first-order valence-corrected chi connectivity index (χ1v) is 9.42. The van der Waals surface area contributed by atoms with Crippen molar-refractivity contribution in [3.8, 4) is 12.1 Å². The summed E-state index contributed by atoms with van der Waals surface area (Å²) in [7, 11) is 0. The van der Waals surface area contributed by atoms with Crippen LogP contribution in [0.2, 0.25) is 0 Å². The van der Waals surface area contributed by atoms with E-state index in [0.717, 1.165) is 48.9 Å². The maximum absolute atomic E-state index is 9.63. The van der Waals surface area contributed by atoms with Gasteiger partial charge in [0.25, 0.3) is 0 Å². The number of pyridine rings is 1. The van der Waals surface area contributed by atoms with Crippen molar-refractivity contribution in [1.29, 1.82) is 10.5 Å². The van der Waals surface area contributed by atoms with Crippen molar-refractivity contribution in [1.82, 2.24) is 4.40 Å². The fourth-order valence-corrected chi connectivity index (χ4v) is 4.55. The Bertz CT molecular complexity index is 1720. The minimum atomic E-state index is 0.402. The van der Waals surface area contributed by atoms with E-state index in [0.29, 0.717) is 11.1 Å². The topological polar surface area (TPSA) is 52.0 Å². The molecule has 6 rings (SSSR count). The maximum atomic E-state index is 9.63. The van der Waals surface area contributed by atoms with Gasteiger partial charge in [0.05, 0.1) is 27.7 Å². The zero-order valence-electron chi connectivity index (χ0n) is 15.3. The summed E-state index contributed by atoms with van der Waals surface area (Å²) in [5.74, 6) is 0. The van der Waals surface area contributed by atoms with Gasteiger partial charge in [0.2, 0.25) is 0 Å². The SMILES string of the molecule is N#Cc1cc2c3c4ccccc4ccc3c3cc4ccccc4n3c2cc1C#N. The molecule has 0 saturated carbocycles. The Kier molecular flexibility index (Phi) is 3.02. The molecule has 0 N–H and O–H groups in total. The molecule has 0 aliphatic rings. The fraction of sp³-hybridized carbons (Fsp3) is 0. The molecule has 0 atom stereocenters. The van der Waals surface area contributed by atoms with Crippen molar-refractivity contribution in [2.24, 2.45) is 0 Å². The highest BCUT2D eigenvalue weighted by molar-refractivity contribution is 6.25. The van der Waals surface area contributed by atoms with E-state index >= 15 is 0 Å². The van der Waals surface area contributed by atoms with E-state index in [1.54, 1.807) is 0 Å². The Morgan fingerprint density at radius 2 is 1.24 bits per heavy atom. The average molecular weight is 367 g/mol. The third kappa shape index (κ3) is 1.99. The predicted molar refractivity (Wildman–Crippen MR) is 117 cm³/mol. The molecule has 3 nitrogen and oxygen atoms in total. The van der Waals surface area contributed by atoms with E-state index in [1.807, 2.05) is 36.4 Å². The lowest BCUT2D eigenvalue weighted by molar-refractivity contribution is 1.34. The number of nitriles is 2. The standard InChI is InChI=1S/C26H13N3/c27-14-18-11-22-25(13-19(18)15-28)29-23-8-4-2-6-17(23)12-24(29)21-10-9-16-5-1-3-7-20(16)26(21)22/h1-13H. The zero-order chi connectivity index (χ0) is 19.5. The summed E-state index contributed by atoms with van der Waals surface area (Å²) < 4.78 is 2.21. The van der Waals surface area contributed by atoms with Gasteiger partial charge in [0.15, 0.2) is 0 Å². The number of fused-ring (bicyclic) bond motifs is 10. The number of rotatable bonds is 0.